The van der Waals surface area contributed by atoms with Crippen molar-refractivity contribution < 1.29 is 0 Å². The molecule has 0 amide bonds. The van der Waals surface area contributed by atoms with Gasteiger partial charge in [-0.2, -0.15) is 4.98 Å². The van der Waals surface area contributed by atoms with E-state index in [2.05, 4.69) is 39.4 Å². The molecule has 1 aromatic carbocycles. The molecule has 2 aromatic heterocycles. The summed E-state index contributed by atoms with van der Waals surface area (Å²) in [5, 5.41) is 6.44. The van der Waals surface area contributed by atoms with Crippen LogP contribution in [-0.4, -0.2) is 29.0 Å². The van der Waals surface area contributed by atoms with E-state index in [1.54, 1.807) is 12.4 Å². The predicted octanol–water partition coefficient (Wildman–Crippen LogP) is 5.76. The van der Waals surface area contributed by atoms with Crippen molar-refractivity contribution in [2.75, 3.05) is 35.4 Å². The zero-order valence-corrected chi connectivity index (χ0v) is 19.2. The van der Waals surface area contributed by atoms with Crippen LogP contribution >= 0.6 is 0 Å². The first-order chi connectivity index (χ1) is 14.4. The third kappa shape index (κ3) is 7.95. The quantitative estimate of drug-likeness (QED) is 0.461. The first kappa shape index (κ1) is 24.7. The summed E-state index contributed by atoms with van der Waals surface area (Å²) in [6.07, 6.45) is 4.77. The van der Waals surface area contributed by atoms with Gasteiger partial charge in [0.1, 0.15) is 11.6 Å². The van der Waals surface area contributed by atoms with Crippen LogP contribution in [0, 0.1) is 6.92 Å². The van der Waals surface area contributed by atoms with E-state index in [4.69, 9.17) is 5.73 Å². The topological polar surface area (TPSA) is 92.0 Å². The molecule has 4 N–H and O–H groups in total. The van der Waals surface area contributed by atoms with Crippen molar-refractivity contribution in [2.45, 2.75) is 41.0 Å². The fraction of sp³-hybridized carbons (Fsp3) is 0.348. The van der Waals surface area contributed by atoms with Crippen LogP contribution in [0.3, 0.4) is 0 Å². The number of nitrogens with two attached hydrogens (primary N) is 1. The summed E-state index contributed by atoms with van der Waals surface area (Å²) in [6, 6.07) is 11.4. The first-order valence-electron chi connectivity index (χ1n) is 10.3. The molecule has 3 rings (SSSR count). The average molecular weight is 410 g/mol. The molecule has 0 bridgehead atoms. The van der Waals surface area contributed by atoms with Crippen LogP contribution in [0.15, 0.2) is 48.8 Å². The van der Waals surface area contributed by atoms with E-state index in [0.29, 0.717) is 11.6 Å². The van der Waals surface area contributed by atoms with E-state index >= 15 is 0 Å². The van der Waals surface area contributed by atoms with Gasteiger partial charge in [-0.05, 0) is 37.3 Å². The summed E-state index contributed by atoms with van der Waals surface area (Å²) in [7, 11) is 3.90. The predicted molar refractivity (Wildman–Crippen MR) is 130 cm³/mol. The van der Waals surface area contributed by atoms with Gasteiger partial charge in [0, 0.05) is 37.2 Å². The SMILES string of the molecule is CC.CCC.Cc1cnc(Nc2ccc(N(C)C)nc2)nc1Nc1cccc(N)c1. The molecule has 0 aliphatic carbocycles. The van der Waals surface area contributed by atoms with Gasteiger partial charge in [-0.3, -0.25) is 0 Å². The van der Waals surface area contributed by atoms with Gasteiger partial charge in [-0.15, -0.1) is 0 Å². The normalized spacial score (nSPS) is 9.43. The van der Waals surface area contributed by atoms with Gasteiger partial charge in [0.2, 0.25) is 5.95 Å². The van der Waals surface area contributed by atoms with Crippen LogP contribution in [0.1, 0.15) is 39.7 Å². The second-order valence-corrected chi connectivity index (χ2v) is 6.61. The van der Waals surface area contributed by atoms with Gasteiger partial charge < -0.3 is 21.3 Å². The Kier molecular flexibility index (Phi) is 10.7. The number of nitrogens with one attached hydrogen (secondary N) is 2. The van der Waals surface area contributed by atoms with E-state index in [9.17, 15) is 0 Å². The lowest BCUT2D eigenvalue weighted by molar-refractivity contribution is 1.07. The summed E-state index contributed by atoms with van der Waals surface area (Å²) in [4.78, 5) is 15.2. The molecule has 0 unspecified atom stereocenters. The number of pyridine rings is 1. The van der Waals surface area contributed by atoms with Gasteiger partial charge in [0.05, 0.1) is 11.9 Å². The zero-order valence-electron chi connectivity index (χ0n) is 19.2. The van der Waals surface area contributed by atoms with E-state index in [1.807, 2.05) is 76.2 Å². The highest BCUT2D eigenvalue weighted by atomic mass is 15.2. The molecule has 0 aliphatic heterocycles. The molecule has 0 aliphatic rings. The Morgan fingerprint density at radius 2 is 1.63 bits per heavy atom. The van der Waals surface area contributed by atoms with Crippen molar-refractivity contribution in [1.82, 2.24) is 15.0 Å². The van der Waals surface area contributed by atoms with Crippen molar-refractivity contribution >= 4 is 34.6 Å². The molecule has 0 fully saturated rings. The third-order valence-corrected chi connectivity index (χ3v) is 3.58. The van der Waals surface area contributed by atoms with Crippen molar-refractivity contribution in [2.24, 2.45) is 0 Å². The molecule has 7 heteroatoms. The van der Waals surface area contributed by atoms with Crippen LogP contribution in [0.2, 0.25) is 0 Å². The third-order valence-electron chi connectivity index (χ3n) is 3.58. The van der Waals surface area contributed by atoms with Crippen molar-refractivity contribution in [1.29, 1.82) is 0 Å². The first-order valence-corrected chi connectivity index (χ1v) is 10.3. The van der Waals surface area contributed by atoms with Crippen molar-refractivity contribution in [3.05, 3.63) is 54.4 Å². The van der Waals surface area contributed by atoms with Gasteiger partial charge in [0.25, 0.3) is 0 Å². The fourth-order valence-corrected chi connectivity index (χ4v) is 2.24. The molecular formula is C23H35N7. The standard InChI is InChI=1S/C18H21N7.C3H8.C2H6/c1-12-10-21-18(23-15-7-8-16(20-11-15)25(2)3)24-17(12)22-14-6-4-5-13(19)9-14;1-3-2;1-2/h4-11H,19H2,1-3H3,(H2,21,22,23,24);3H2,1-2H3;1-2H3. The van der Waals surface area contributed by atoms with Crippen molar-refractivity contribution in [3.8, 4) is 0 Å². The second-order valence-electron chi connectivity index (χ2n) is 6.61. The van der Waals surface area contributed by atoms with Gasteiger partial charge in [0.15, 0.2) is 0 Å². The largest absolute Gasteiger partial charge is 0.399 e. The molecule has 3 aromatic rings. The summed E-state index contributed by atoms with van der Waals surface area (Å²) >= 11 is 0. The lowest BCUT2D eigenvalue weighted by Crippen LogP contribution is -2.10. The highest BCUT2D eigenvalue weighted by Crippen LogP contribution is 2.22. The fourth-order valence-electron chi connectivity index (χ4n) is 2.24. The van der Waals surface area contributed by atoms with E-state index in [-0.39, 0.29) is 0 Å². The number of nitrogen functional groups attached to an aromatic ring is 1. The summed E-state index contributed by atoms with van der Waals surface area (Å²) < 4.78 is 0. The minimum Gasteiger partial charge on any atom is -0.399 e. The highest BCUT2D eigenvalue weighted by Gasteiger charge is 2.06. The number of nitrogens with zero attached hydrogens (tertiary/aromatic N) is 4. The second kappa shape index (κ2) is 13.0. The number of benzene rings is 1. The molecule has 7 nitrogen and oxygen atoms in total. The molecule has 0 atom stereocenters. The minimum absolute atomic E-state index is 0.497. The average Bonchev–Trinajstić information content (AvgIpc) is 2.73. The van der Waals surface area contributed by atoms with Crippen LogP contribution in [-0.2, 0) is 0 Å². The lowest BCUT2D eigenvalue weighted by atomic mass is 10.2. The number of aryl methyl sites for hydroxylation is 1. The number of anilines is 6. The molecule has 2 heterocycles. The Morgan fingerprint density at radius 1 is 0.933 bits per heavy atom. The maximum absolute atomic E-state index is 5.82. The van der Waals surface area contributed by atoms with E-state index in [1.165, 1.54) is 6.42 Å². The van der Waals surface area contributed by atoms with Crippen molar-refractivity contribution in [3.63, 3.8) is 0 Å². The molecule has 0 radical (unpaired) electrons. The summed E-state index contributed by atoms with van der Waals surface area (Å²) in [5.74, 6) is 2.11. The molecule has 0 saturated carbocycles. The van der Waals surface area contributed by atoms with Crippen LogP contribution in [0.25, 0.3) is 0 Å². The number of hydrogen-bond acceptors (Lipinski definition) is 7. The Hall–Kier alpha value is -3.35. The number of rotatable bonds is 5. The Morgan fingerprint density at radius 3 is 2.20 bits per heavy atom. The molecule has 0 spiro atoms. The molecule has 30 heavy (non-hydrogen) atoms. The van der Waals surface area contributed by atoms with Gasteiger partial charge >= 0.3 is 0 Å². The summed E-state index contributed by atoms with van der Waals surface area (Å²) in [6.45, 7) is 10.2. The van der Waals surface area contributed by atoms with Gasteiger partial charge in [-0.1, -0.05) is 40.2 Å². The Labute approximate surface area is 180 Å². The van der Waals surface area contributed by atoms with E-state index in [0.717, 1.165) is 28.6 Å². The smallest absolute Gasteiger partial charge is 0.229 e. The zero-order chi connectivity index (χ0) is 22.5. The monoisotopic (exact) mass is 409 g/mol. The maximum Gasteiger partial charge on any atom is 0.229 e. The summed E-state index contributed by atoms with van der Waals surface area (Å²) in [5.41, 5.74) is 9.16. The Balaban J connectivity index is 0.000000826. The minimum atomic E-state index is 0.497. The number of hydrogen-bond donors (Lipinski definition) is 3. The van der Waals surface area contributed by atoms with Gasteiger partial charge in [-0.25, -0.2) is 9.97 Å². The highest BCUT2D eigenvalue weighted by molar-refractivity contribution is 5.64. The van der Waals surface area contributed by atoms with Crippen LogP contribution in [0.4, 0.5) is 34.6 Å². The van der Waals surface area contributed by atoms with Crippen LogP contribution < -0.4 is 21.3 Å². The Bertz CT molecular complexity index is 877. The maximum atomic E-state index is 5.82. The molecule has 0 saturated heterocycles. The molecule has 162 valence electrons. The number of aromatic nitrogens is 3. The molecular weight excluding hydrogens is 374 g/mol. The lowest BCUT2D eigenvalue weighted by Gasteiger charge is -2.13. The van der Waals surface area contributed by atoms with E-state index < -0.39 is 0 Å². The van der Waals surface area contributed by atoms with Crippen LogP contribution in [0.5, 0.6) is 0 Å².